The normalized spacial score (nSPS) is 44.4. The molecule has 0 bridgehead atoms. The first kappa shape index (κ1) is 23.2. The largest absolute Gasteiger partial charge is 0.389 e. The predicted octanol–water partition coefficient (Wildman–Crippen LogP) is 5.99. The second-order valence-electron chi connectivity index (χ2n) is 12.5. The number of Topliss-reactive ketones (excluding diaryl/α,β-unsaturated/α-hetero) is 2. The number of rotatable bonds is 5. The molecule has 0 aromatic heterocycles. The molecule has 1 N–H and O–H groups in total. The van der Waals surface area contributed by atoms with Crippen LogP contribution in [0.25, 0.3) is 0 Å². The SMILES string of the molecule is C=C(C(C)C)[C@H](O)C[C@@H](C)[C@H]1CC[C@H]2[C@@H]3C(=O)C[C@H]4CC(=O)CC[C@]4(C)[C@H]3CC[C@]12C. The summed E-state index contributed by atoms with van der Waals surface area (Å²) in [7, 11) is 0. The summed E-state index contributed by atoms with van der Waals surface area (Å²) < 4.78 is 0. The van der Waals surface area contributed by atoms with E-state index in [0.29, 0.717) is 60.4 Å². The summed E-state index contributed by atoms with van der Waals surface area (Å²) in [5.41, 5.74) is 1.31. The first-order valence-electron chi connectivity index (χ1n) is 12.9. The maximum Gasteiger partial charge on any atom is 0.136 e. The fourth-order valence-electron chi connectivity index (χ4n) is 8.75. The Hall–Kier alpha value is -0.960. The number of carbonyl (C=O) groups excluding carboxylic acids is 2. The minimum atomic E-state index is -0.426. The Balaban J connectivity index is 1.53. The number of aliphatic hydroxyl groups is 1. The van der Waals surface area contributed by atoms with Gasteiger partial charge in [0.25, 0.3) is 0 Å². The lowest BCUT2D eigenvalue weighted by atomic mass is 9.44. The third-order valence-electron chi connectivity index (χ3n) is 10.8. The van der Waals surface area contributed by atoms with E-state index in [1.54, 1.807) is 0 Å². The van der Waals surface area contributed by atoms with Crippen molar-refractivity contribution in [1.29, 1.82) is 0 Å². The summed E-state index contributed by atoms with van der Waals surface area (Å²) in [6.07, 6.45) is 7.97. The minimum Gasteiger partial charge on any atom is -0.389 e. The Morgan fingerprint density at radius 3 is 2.39 bits per heavy atom. The number of ketones is 2. The molecule has 0 amide bonds. The fraction of sp³-hybridized carbons (Fsp3) is 0.857. The van der Waals surface area contributed by atoms with Crippen LogP contribution in [0.2, 0.25) is 0 Å². The highest BCUT2D eigenvalue weighted by Gasteiger charge is 2.63. The van der Waals surface area contributed by atoms with Gasteiger partial charge in [-0.05, 0) is 90.4 Å². The van der Waals surface area contributed by atoms with Crippen molar-refractivity contribution < 1.29 is 14.7 Å². The van der Waals surface area contributed by atoms with E-state index in [1.165, 1.54) is 12.8 Å². The van der Waals surface area contributed by atoms with Crippen molar-refractivity contribution >= 4 is 11.6 Å². The molecule has 0 aliphatic heterocycles. The maximum atomic E-state index is 13.5. The van der Waals surface area contributed by atoms with Gasteiger partial charge in [0.05, 0.1) is 6.10 Å². The van der Waals surface area contributed by atoms with Gasteiger partial charge in [-0.1, -0.05) is 41.2 Å². The zero-order chi connectivity index (χ0) is 22.7. The molecular weight excluding hydrogens is 384 g/mol. The lowest BCUT2D eigenvalue weighted by molar-refractivity contribution is -0.159. The van der Waals surface area contributed by atoms with Crippen molar-refractivity contribution in [3.63, 3.8) is 0 Å². The summed E-state index contributed by atoms with van der Waals surface area (Å²) in [6, 6.07) is 0. The van der Waals surface area contributed by atoms with Gasteiger partial charge in [-0.2, -0.15) is 0 Å². The monoisotopic (exact) mass is 428 g/mol. The van der Waals surface area contributed by atoms with Crippen LogP contribution in [0, 0.1) is 52.3 Å². The van der Waals surface area contributed by atoms with E-state index in [1.807, 2.05) is 0 Å². The van der Waals surface area contributed by atoms with E-state index in [9.17, 15) is 14.7 Å². The molecule has 0 heterocycles. The van der Waals surface area contributed by atoms with Gasteiger partial charge in [-0.15, -0.1) is 0 Å². The molecule has 4 aliphatic carbocycles. The third kappa shape index (κ3) is 3.67. The van der Waals surface area contributed by atoms with Crippen LogP contribution in [0.3, 0.4) is 0 Å². The van der Waals surface area contributed by atoms with E-state index < -0.39 is 6.10 Å². The number of hydrogen-bond acceptors (Lipinski definition) is 3. The summed E-state index contributed by atoms with van der Waals surface area (Å²) >= 11 is 0. The Labute approximate surface area is 189 Å². The van der Waals surface area contributed by atoms with Gasteiger partial charge in [-0.3, -0.25) is 9.59 Å². The van der Waals surface area contributed by atoms with E-state index in [4.69, 9.17) is 0 Å². The van der Waals surface area contributed by atoms with Crippen molar-refractivity contribution in [3.05, 3.63) is 12.2 Å². The van der Waals surface area contributed by atoms with Crippen molar-refractivity contribution in [3.8, 4) is 0 Å². The van der Waals surface area contributed by atoms with Gasteiger partial charge in [0.1, 0.15) is 11.6 Å². The summed E-state index contributed by atoms with van der Waals surface area (Å²) in [5, 5.41) is 10.7. The Kier molecular flexibility index (Phi) is 6.08. The van der Waals surface area contributed by atoms with Crippen molar-refractivity contribution in [2.75, 3.05) is 0 Å². The van der Waals surface area contributed by atoms with Crippen LogP contribution < -0.4 is 0 Å². The maximum absolute atomic E-state index is 13.5. The highest BCUT2D eigenvalue weighted by molar-refractivity contribution is 5.86. The van der Waals surface area contributed by atoms with Crippen LogP contribution in [0.15, 0.2) is 12.2 Å². The molecule has 0 unspecified atom stereocenters. The van der Waals surface area contributed by atoms with Crippen LogP contribution in [0.1, 0.15) is 92.4 Å². The molecule has 4 saturated carbocycles. The topological polar surface area (TPSA) is 54.4 Å². The van der Waals surface area contributed by atoms with Crippen LogP contribution in [0.4, 0.5) is 0 Å². The van der Waals surface area contributed by atoms with Crippen molar-refractivity contribution in [2.24, 2.45) is 52.3 Å². The standard InChI is InChI=1S/C28H44O3/c1-16(2)18(4)24(30)13-17(3)21-7-8-22-26-23(10-12-28(21,22)6)27(5)11-9-20(29)14-19(27)15-25(26)31/h16-17,19,21-24,26,30H,4,7-15H2,1-3,5-6H3/t17-,19-,21-,22+,23+,24-,26+,27+,28-/m1/s1. The first-order valence-corrected chi connectivity index (χ1v) is 12.9. The smallest absolute Gasteiger partial charge is 0.136 e. The number of aliphatic hydroxyl groups excluding tert-OH is 1. The Morgan fingerprint density at radius 2 is 1.71 bits per heavy atom. The average Bonchev–Trinajstić information content (AvgIpc) is 3.05. The molecule has 174 valence electrons. The van der Waals surface area contributed by atoms with Crippen LogP contribution in [-0.4, -0.2) is 22.8 Å². The van der Waals surface area contributed by atoms with Crippen molar-refractivity contribution in [1.82, 2.24) is 0 Å². The molecule has 0 aromatic rings. The second-order valence-corrected chi connectivity index (χ2v) is 12.5. The molecule has 3 heteroatoms. The van der Waals surface area contributed by atoms with Crippen LogP contribution in [0.5, 0.6) is 0 Å². The molecule has 4 rings (SSSR count). The third-order valence-corrected chi connectivity index (χ3v) is 10.8. The molecule has 0 saturated heterocycles. The number of fused-ring (bicyclic) bond motifs is 5. The predicted molar refractivity (Wildman–Crippen MR) is 124 cm³/mol. The number of hydrogen-bond donors (Lipinski definition) is 1. The summed E-state index contributed by atoms with van der Waals surface area (Å²) in [5.74, 6) is 3.55. The number of carbonyl (C=O) groups is 2. The fourth-order valence-corrected chi connectivity index (χ4v) is 8.75. The van der Waals surface area contributed by atoms with Gasteiger partial charge >= 0.3 is 0 Å². The summed E-state index contributed by atoms with van der Waals surface area (Å²) in [4.78, 5) is 25.6. The molecule has 0 aromatic carbocycles. The van der Waals surface area contributed by atoms with Gasteiger partial charge in [0.15, 0.2) is 0 Å². The zero-order valence-electron chi connectivity index (χ0n) is 20.5. The highest BCUT2D eigenvalue weighted by Crippen LogP contribution is 2.67. The molecule has 0 radical (unpaired) electrons. The minimum absolute atomic E-state index is 0.169. The van der Waals surface area contributed by atoms with Gasteiger partial charge < -0.3 is 5.11 Å². The molecule has 0 spiro atoms. The molecule has 4 fully saturated rings. The van der Waals surface area contributed by atoms with E-state index in [0.717, 1.165) is 31.3 Å². The summed E-state index contributed by atoms with van der Waals surface area (Å²) in [6.45, 7) is 15.5. The molecule has 4 aliphatic rings. The lowest BCUT2D eigenvalue weighted by Crippen LogP contribution is -2.57. The molecule has 9 atom stereocenters. The average molecular weight is 429 g/mol. The second kappa shape index (κ2) is 8.12. The quantitative estimate of drug-likeness (QED) is 0.547. The van der Waals surface area contributed by atoms with Gasteiger partial charge in [0.2, 0.25) is 0 Å². The van der Waals surface area contributed by atoms with Crippen LogP contribution >= 0.6 is 0 Å². The van der Waals surface area contributed by atoms with Gasteiger partial charge in [0, 0.05) is 25.2 Å². The van der Waals surface area contributed by atoms with Crippen LogP contribution in [-0.2, 0) is 9.59 Å². The highest BCUT2D eigenvalue weighted by atomic mass is 16.3. The molecular formula is C28H44O3. The first-order chi connectivity index (χ1) is 14.5. The van der Waals surface area contributed by atoms with Crippen molar-refractivity contribution in [2.45, 2.75) is 98.5 Å². The Bertz CT molecular complexity index is 753. The van der Waals surface area contributed by atoms with E-state index in [-0.39, 0.29) is 22.7 Å². The lowest BCUT2D eigenvalue weighted by Gasteiger charge is -2.59. The van der Waals surface area contributed by atoms with E-state index >= 15 is 0 Å². The zero-order valence-corrected chi connectivity index (χ0v) is 20.5. The van der Waals surface area contributed by atoms with E-state index in [2.05, 4.69) is 41.2 Å². The Morgan fingerprint density at radius 1 is 1.03 bits per heavy atom. The molecule has 31 heavy (non-hydrogen) atoms. The molecule has 3 nitrogen and oxygen atoms in total. The van der Waals surface area contributed by atoms with Gasteiger partial charge in [-0.25, -0.2) is 0 Å².